The molecule has 0 aromatic heterocycles. The van der Waals surface area contributed by atoms with Crippen LogP contribution in [0.15, 0.2) is 188 Å². The highest BCUT2D eigenvalue weighted by molar-refractivity contribution is 6.21. The highest BCUT2D eigenvalue weighted by Gasteiger charge is 2.39. The summed E-state index contributed by atoms with van der Waals surface area (Å²) in [5, 5.41) is 7.80. The fourth-order valence-corrected chi connectivity index (χ4v) is 8.82. The van der Waals surface area contributed by atoms with E-state index in [0.717, 1.165) is 17.1 Å². The molecule has 0 aliphatic heterocycles. The Kier molecular flexibility index (Phi) is 6.91. The van der Waals surface area contributed by atoms with Gasteiger partial charge in [0.1, 0.15) is 0 Å². The van der Waals surface area contributed by atoms with E-state index in [9.17, 15) is 0 Å². The summed E-state index contributed by atoms with van der Waals surface area (Å²) in [6.07, 6.45) is 0. The molecule has 9 aromatic carbocycles. The van der Waals surface area contributed by atoms with Crippen molar-refractivity contribution in [2.24, 2.45) is 0 Å². The Labute approximate surface area is 305 Å². The standard InChI is InChI=1S/C51H37N/c1-51(2)46-31-27-36-20-12-13-23-41(36)48(46)49-43-25-15-14-24-42(43)45-33-39(28-30-44(45)50(49)51)52(38-21-10-5-11-22-38)47-32-37(34-16-6-3-7-17-34)26-29-40(47)35-18-8-4-9-19-35/h3-33H,1-2H3. The van der Waals surface area contributed by atoms with Gasteiger partial charge in [0.25, 0.3) is 0 Å². The Hall–Kier alpha value is -6.44. The molecule has 52 heavy (non-hydrogen) atoms. The van der Waals surface area contributed by atoms with Gasteiger partial charge in [-0.25, -0.2) is 0 Å². The maximum atomic E-state index is 2.45. The topological polar surface area (TPSA) is 3.24 Å². The summed E-state index contributed by atoms with van der Waals surface area (Å²) >= 11 is 0. The third-order valence-electron chi connectivity index (χ3n) is 11.2. The van der Waals surface area contributed by atoms with Crippen LogP contribution in [0.1, 0.15) is 25.0 Å². The van der Waals surface area contributed by atoms with Crippen molar-refractivity contribution in [3.05, 3.63) is 199 Å². The van der Waals surface area contributed by atoms with E-state index in [4.69, 9.17) is 0 Å². The number of anilines is 3. The molecule has 0 spiro atoms. The molecule has 0 saturated carbocycles. The van der Waals surface area contributed by atoms with E-state index in [1.54, 1.807) is 0 Å². The van der Waals surface area contributed by atoms with Crippen LogP contribution >= 0.6 is 0 Å². The predicted octanol–water partition coefficient (Wildman–Crippen LogP) is 14.3. The number of fused-ring (bicyclic) bond motifs is 10. The Morgan fingerprint density at radius 3 is 1.77 bits per heavy atom. The van der Waals surface area contributed by atoms with Crippen molar-refractivity contribution >= 4 is 49.4 Å². The molecule has 1 aliphatic carbocycles. The lowest BCUT2D eigenvalue weighted by atomic mass is 9.79. The van der Waals surface area contributed by atoms with Crippen molar-refractivity contribution in [2.75, 3.05) is 4.90 Å². The van der Waals surface area contributed by atoms with Crippen molar-refractivity contribution in [1.82, 2.24) is 0 Å². The molecule has 0 bridgehead atoms. The summed E-state index contributed by atoms with van der Waals surface area (Å²) < 4.78 is 0. The zero-order chi connectivity index (χ0) is 34.8. The first-order chi connectivity index (χ1) is 25.6. The summed E-state index contributed by atoms with van der Waals surface area (Å²) in [6, 6.07) is 68.9. The number of hydrogen-bond donors (Lipinski definition) is 0. The lowest BCUT2D eigenvalue weighted by Gasteiger charge is -2.30. The fraction of sp³-hybridized carbons (Fsp3) is 0.0588. The van der Waals surface area contributed by atoms with Crippen LogP contribution in [0.4, 0.5) is 17.1 Å². The maximum Gasteiger partial charge on any atom is 0.0546 e. The van der Waals surface area contributed by atoms with Crippen LogP contribution < -0.4 is 4.90 Å². The second kappa shape index (κ2) is 11.8. The van der Waals surface area contributed by atoms with E-state index < -0.39 is 0 Å². The van der Waals surface area contributed by atoms with Gasteiger partial charge in [0.2, 0.25) is 0 Å². The van der Waals surface area contributed by atoms with Crippen LogP contribution in [0.25, 0.3) is 65.7 Å². The lowest BCUT2D eigenvalue weighted by Crippen LogP contribution is -2.16. The number of hydrogen-bond acceptors (Lipinski definition) is 1. The van der Waals surface area contributed by atoms with Gasteiger partial charge in [-0.15, -0.1) is 0 Å². The summed E-state index contributed by atoms with van der Waals surface area (Å²) in [7, 11) is 0. The smallest absolute Gasteiger partial charge is 0.0546 e. The van der Waals surface area contributed by atoms with Crippen LogP contribution in [-0.2, 0) is 5.41 Å². The summed E-state index contributed by atoms with van der Waals surface area (Å²) in [6.45, 7) is 4.82. The molecule has 0 amide bonds. The van der Waals surface area contributed by atoms with Crippen molar-refractivity contribution < 1.29 is 0 Å². The molecular formula is C51H37N. The van der Waals surface area contributed by atoms with Gasteiger partial charge in [-0.05, 0) is 102 Å². The largest absolute Gasteiger partial charge is 0.310 e. The minimum atomic E-state index is -0.165. The maximum absolute atomic E-state index is 2.45. The van der Waals surface area contributed by atoms with Crippen LogP contribution in [0.5, 0.6) is 0 Å². The Bertz CT molecular complexity index is 2800. The minimum Gasteiger partial charge on any atom is -0.310 e. The van der Waals surface area contributed by atoms with Gasteiger partial charge >= 0.3 is 0 Å². The van der Waals surface area contributed by atoms with Crippen LogP contribution in [0.3, 0.4) is 0 Å². The first-order valence-electron chi connectivity index (χ1n) is 18.2. The van der Waals surface area contributed by atoms with Gasteiger partial charge in [-0.1, -0.05) is 172 Å². The minimum absolute atomic E-state index is 0.165. The molecule has 9 aromatic rings. The first kappa shape index (κ1) is 30.4. The van der Waals surface area contributed by atoms with E-state index in [-0.39, 0.29) is 5.41 Å². The monoisotopic (exact) mass is 663 g/mol. The second-order valence-electron chi connectivity index (χ2n) is 14.5. The quantitative estimate of drug-likeness (QED) is 0.166. The molecule has 0 N–H and O–H groups in total. The highest BCUT2D eigenvalue weighted by atomic mass is 15.1. The number of benzene rings is 9. The van der Waals surface area contributed by atoms with E-state index in [1.165, 1.54) is 76.8 Å². The third-order valence-corrected chi connectivity index (χ3v) is 11.2. The van der Waals surface area contributed by atoms with Crippen molar-refractivity contribution in [1.29, 1.82) is 0 Å². The Balaban J connectivity index is 1.27. The molecule has 10 rings (SSSR count). The second-order valence-corrected chi connectivity index (χ2v) is 14.5. The molecule has 0 atom stereocenters. The van der Waals surface area contributed by atoms with Crippen LogP contribution in [0, 0.1) is 0 Å². The van der Waals surface area contributed by atoms with Gasteiger partial charge in [-0.2, -0.15) is 0 Å². The van der Waals surface area contributed by atoms with Crippen molar-refractivity contribution in [3.8, 4) is 33.4 Å². The van der Waals surface area contributed by atoms with E-state index >= 15 is 0 Å². The van der Waals surface area contributed by atoms with E-state index in [1.807, 2.05) is 0 Å². The van der Waals surface area contributed by atoms with Crippen molar-refractivity contribution in [2.45, 2.75) is 19.3 Å². The number of rotatable bonds is 5. The van der Waals surface area contributed by atoms with Gasteiger partial charge in [0, 0.05) is 22.4 Å². The average Bonchev–Trinajstić information content (AvgIpc) is 3.46. The Morgan fingerprint density at radius 1 is 0.385 bits per heavy atom. The molecule has 246 valence electrons. The molecule has 0 heterocycles. The van der Waals surface area contributed by atoms with Crippen LogP contribution in [-0.4, -0.2) is 0 Å². The van der Waals surface area contributed by atoms with Gasteiger partial charge in [-0.3, -0.25) is 0 Å². The average molecular weight is 664 g/mol. The molecule has 1 nitrogen and oxygen atoms in total. The summed E-state index contributed by atoms with van der Waals surface area (Å²) in [5.41, 5.74) is 13.6. The molecule has 0 radical (unpaired) electrons. The predicted molar refractivity (Wildman–Crippen MR) is 222 cm³/mol. The molecule has 0 unspecified atom stereocenters. The molecule has 1 aliphatic rings. The molecule has 1 heteroatoms. The third kappa shape index (κ3) is 4.63. The number of nitrogens with zero attached hydrogens (tertiary/aromatic N) is 1. The van der Waals surface area contributed by atoms with Crippen LogP contribution in [0.2, 0.25) is 0 Å². The van der Waals surface area contributed by atoms with Gasteiger partial charge in [0.15, 0.2) is 0 Å². The lowest BCUT2D eigenvalue weighted by molar-refractivity contribution is 0.667. The van der Waals surface area contributed by atoms with E-state index in [2.05, 4.69) is 207 Å². The zero-order valence-electron chi connectivity index (χ0n) is 29.3. The Morgan fingerprint density at radius 2 is 1.02 bits per heavy atom. The highest BCUT2D eigenvalue weighted by Crippen LogP contribution is 2.57. The number of para-hydroxylation sites is 1. The fourth-order valence-electron chi connectivity index (χ4n) is 8.82. The zero-order valence-corrected chi connectivity index (χ0v) is 29.3. The molecular weight excluding hydrogens is 627 g/mol. The van der Waals surface area contributed by atoms with E-state index in [0.29, 0.717) is 0 Å². The summed E-state index contributed by atoms with van der Waals surface area (Å²) in [5.74, 6) is 0. The molecule has 0 fully saturated rings. The van der Waals surface area contributed by atoms with Gasteiger partial charge in [0.05, 0.1) is 5.69 Å². The van der Waals surface area contributed by atoms with Crippen molar-refractivity contribution in [3.63, 3.8) is 0 Å². The normalized spacial score (nSPS) is 13.0. The van der Waals surface area contributed by atoms with Gasteiger partial charge < -0.3 is 4.90 Å². The summed E-state index contributed by atoms with van der Waals surface area (Å²) in [4.78, 5) is 2.45. The molecule has 0 saturated heterocycles. The SMILES string of the molecule is CC1(C)c2ccc3ccccc3c2-c2c1c1ccc(N(c3ccccc3)c3cc(-c4ccccc4)ccc3-c3ccccc3)cc1c1ccccc21. The first-order valence-corrected chi connectivity index (χ1v) is 18.2.